The van der Waals surface area contributed by atoms with Gasteiger partial charge in [0.1, 0.15) is 5.82 Å². The average molecular weight is 307 g/mol. The van der Waals surface area contributed by atoms with Gasteiger partial charge in [0, 0.05) is 29.2 Å². The quantitative estimate of drug-likeness (QED) is 0.765. The summed E-state index contributed by atoms with van der Waals surface area (Å²) in [4.78, 5) is 19.7. The van der Waals surface area contributed by atoms with Crippen molar-refractivity contribution in [3.8, 4) is 0 Å². The highest BCUT2D eigenvalue weighted by atomic mass is 16.4. The van der Waals surface area contributed by atoms with Crippen LogP contribution < -0.4 is 5.32 Å². The predicted molar refractivity (Wildman–Crippen MR) is 90.1 cm³/mol. The number of aromatic nitrogens is 2. The minimum atomic E-state index is -0.830. The number of hydrogen-bond donors (Lipinski definition) is 2. The summed E-state index contributed by atoms with van der Waals surface area (Å²) in [5.41, 5.74) is 2.55. The van der Waals surface area contributed by atoms with E-state index in [1.54, 1.807) is 19.3 Å². The van der Waals surface area contributed by atoms with Gasteiger partial charge in [-0.05, 0) is 49.1 Å². The van der Waals surface area contributed by atoms with Crippen LogP contribution in [0.3, 0.4) is 0 Å². The van der Waals surface area contributed by atoms with E-state index in [4.69, 9.17) is 5.11 Å². The van der Waals surface area contributed by atoms with Gasteiger partial charge in [0.05, 0.1) is 5.92 Å². The van der Waals surface area contributed by atoms with Gasteiger partial charge in [-0.25, -0.2) is 4.98 Å². The number of rotatable bonds is 4. The van der Waals surface area contributed by atoms with Crippen molar-refractivity contribution in [2.75, 3.05) is 5.32 Å². The third-order valence-corrected chi connectivity index (χ3v) is 3.81. The Bertz CT molecular complexity index is 860. The Hall–Kier alpha value is -2.95. The summed E-state index contributed by atoms with van der Waals surface area (Å²) in [7, 11) is 0. The van der Waals surface area contributed by atoms with Gasteiger partial charge >= 0.3 is 5.97 Å². The summed E-state index contributed by atoms with van der Waals surface area (Å²) in [6, 6.07) is 11.3. The first-order valence-corrected chi connectivity index (χ1v) is 7.36. The fourth-order valence-electron chi connectivity index (χ4n) is 2.45. The summed E-state index contributed by atoms with van der Waals surface area (Å²) in [6.07, 6.45) is 3.54. The molecule has 3 rings (SSSR count). The Morgan fingerprint density at radius 1 is 1.22 bits per heavy atom. The highest BCUT2D eigenvalue weighted by molar-refractivity contribution is 5.92. The molecule has 0 saturated carbocycles. The fraction of sp³-hybridized carbons (Fsp3) is 0.167. The SMILES string of the molecule is Cc1cc2ccncc2c(Nc2ccc(C(C)C(=O)O)cc2)n1. The van der Waals surface area contributed by atoms with Crippen LogP contribution in [0.2, 0.25) is 0 Å². The number of anilines is 2. The van der Waals surface area contributed by atoms with Crippen LogP contribution in [0.5, 0.6) is 0 Å². The Morgan fingerprint density at radius 3 is 2.65 bits per heavy atom. The molecule has 0 radical (unpaired) electrons. The van der Waals surface area contributed by atoms with Crippen molar-refractivity contribution < 1.29 is 9.90 Å². The van der Waals surface area contributed by atoms with Crippen LogP contribution in [0.25, 0.3) is 10.8 Å². The van der Waals surface area contributed by atoms with E-state index in [2.05, 4.69) is 15.3 Å². The van der Waals surface area contributed by atoms with E-state index in [0.717, 1.165) is 33.5 Å². The molecule has 5 nitrogen and oxygen atoms in total. The molecule has 0 aliphatic heterocycles. The maximum Gasteiger partial charge on any atom is 0.310 e. The minimum Gasteiger partial charge on any atom is -0.481 e. The highest BCUT2D eigenvalue weighted by Crippen LogP contribution is 2.26. The first-order chi connectivity index (χ1) is 11.0. The molecule has 3 aromatic rings. The number of carboxylic acids is 1. The number of nitrogens with one attached hydrogen (secondary N) is 1. The molecule has 0 fully saturated rings. The molecule has 0 saturated heterocycles. The third-order valence-electron chi connectivity index (χ3n) is 3.81. The molecule has 5 heteroatoms. The number of benzene rings is 1. The monoisotopic (exact) mass is 307 g/mol. The fourth-order valence-corrected chi connectivity index (χ4v) is 2.45. The zero-order valence-electron chi connectivity index (χ0n) is 12.9. The maximum atomic E-state index is 11.0. The second-order valence-electron chi connectivity index (χ2n) is 5.52. The Balaban J connectivity index is 1.92. The number of carbonyl (C=O) groups is 1. The molecular formula is C18H17N3O2. The zero-order chi connectivity index (χ0) is 16.4. The summed E-state index contributed by atoms with van der Waals surface area (Å²) >= 11 is 0. The van der Waals surface area contributed by atoms with Gasteiger partial charge in [0.25, 0.3) is 0 Å². The topological polar surface area (TPSA) is 75.1 Å². The number of fused-ring (bicyclic) bond motifs is 1. The van der Waals surface area contributed by atoms with Crippen molar-refractivity contribution in [1.29, 1.82) is 0 Å². The van der Waals surface area contributed by atoms with Crippen molar-refractivity contribution in [2.45, 2.75) is 19.8 Å². The van der Waals surface area contributed by atoms with Gasteiger partial charge in [-0.15, -0.1) is 0 Å². The molecule has 0 bridgehead atoms. The number of aliphatic carboxylic acids is 1. The van der Waals surface area contributed by atoms with Crippen molar-refractivity contribution in [3.63, 3.8) is 0 Å². The van der Waals surface area contributed by atoms with Crippen molar-refractivity contribution >= 4 is 28.2 Å². The van der Waals surface area contributed by atoms with Gasteiger partial charge < -0.3 is 10.4 Å². The van der Waals surface area contributed by atoms with E-state index in [1.807, 2.05) is 43.3 Å². The van der Waals surface area contributed by atoms with Crippen LogP contribution in [-0.2, 0) is 4.79 Å². The van der Waals surface area contributed by atoms with Gasteiger partial charge in [0.15, 0.2) is 0 Å². The van der Waals surface area contributed by atoms with Crippen molar-refractivity contribution in [3.05, 3.63) is 60.0 Å². The number of nitrogens with zero attached hydrogens (tertiary/aromatic N) is 2. The summed E-state index contributed by atoms with van der Waals surface area (Å²) in [6.45, 7) is 3.62. The lowest BCUT2D eigenvalue weighted by atomic mass is 10.0. The first-order valence-electron chi connectivity index (χ1n) is 7.36. The molecular weight excluding hydrogens is 290 g/mol. The van der Waals surface area contributed by atoms with E-state index in [1.165, 1.54) is 0 Å². The smallest absolute Gasteiger partial charge is 0.310 e. The van der Waals surface area contributed by atoms with Crippen LogP contribution in [0.4, 0.5) is 11.5 Å². The molecule has 2 heterocycles. The lowest BCUT2D eigenvalue weighted by Crippen LogP contribution is -2.07. The van der Waals surface area contributed by atoms with Crippen LogP contribution in [0.15, 0.2) is 48.8 Å². The molecule has 0 spiro atoms. The predicted octanol–water partition coefficient (Wildman–Crippen LogP) is 3.87. The van der Waals surface area contributed by atoms with Gasteiger partial charge in [-0.2, -0.15) is 0 Å². The molecule has 1 unspecified atom stereocenters. The molecule has 23 heavy (non-hydrogen) atoms. The van der Waals surface area contributed by atoms with Crippen LogP contribution in [-0.4, -0.2) is 21.0 Å². The van der Waals surface area contributed by atoms with E-state index < -0.39 is 11.9 Å². The molecule has 0 amide bonds. The normalized spacial score (nSPS) is 12.1. The molecule has 1 atom stereocenters. The van der Waals surface area contributed by atoms with E-state index in [0.29, 0.717) is 0 Å². The lowest BCUT2D eigenvalue weighted by Gasteiger charge is -2.11. The second-order valence-corrected chi connectivity index (χ2v) is 5.52. The summed E-state index contributed by atoms with van der Waals surface area (Å²) in [5.74, 6) is -0.610. The molecule has 2 N–H and O–H groups in total. The molecule has 2 aromatic heterocycles. The largest absolute Gasteiger partial charge is 0.481 e. The standard InChI is InChI=1S/C18H17N3O2/c1-11-9-14-7-8-19-10-16(14)17(20-11)21-15-5-3-13(4-6-15)12(2)18(22)23/h3-10,12H,1-2H3,(H,20,21)(H,22,23). The molecule has 1 aromatic carbocycles. The Morgan fingerprint density at radius 2 is 1.96 bits per heavy atom. The number of carboxylic acid groups (broad SMARTS) is 1. The van der Waals surface area contributed by atoms with E-state index >= 15 is 0 Å². The Kier molecular flexibility index (Phi) is 3.93. The van der Waals surface area contributed by atoms with Crippen LogP contribution >= 0.6 is 0 Å². The molecule has 0 aliphatic carbocycles. The Labute approximate surface area is 134 Å². The maximum absolute atomic E-state index is 11.0. The number of pyridine rings is 2. The molecule has 0 aliphatic rings. The van der Waals surface area contributed by atoms with Gasteiger partial charge in [-0.1, -0.05) is 12.1 Å². The van der Waals surface area contributed by atoms with Crippen molar-refractivity contribution in [2.24, 2.45) is 0 Å². The highest BCUT2D eigenvalue weighted by Gasteiger charge is 2.13. The van der Waals surface area contributed by atoms with Crippen LogP contribution in [0.1, 0.15) is 24.1 Å². The summed E-state index contributed by atoms with van der Waals surface area (Å²) < 4.78 is 0. The second kappa shape index (κ2) is 6.04. The van der Waals surface area contributed by atoms with E-state index in [-0.39, 0.29) is 0 Å². The van der Waals surface area contributed by atoms with Gasteiger partial charge in [-0.3, -0.25) is 9.78 Å². The number of aryl methyl sites for hydroxylation is 1. The van der Waals surface area contributed by atoms with E-state index in [9.17, 15) is 4.79 Å². The lowest BCUT2D eigenvalue weighted by molar-refractivity contribution is -0.138. The third kappa shape index (κ3) is 3.13. The average Bonchev–Trinajstić information content (AvgIpc) is 2.54. The first kappa shape index (κ1) is 15.0. The minimum absolute atomic E-state index is 0.522. The van der Waals surface area contributed by atoms with Crippen molar-refractivity contribution in [1.82, 2.24) is 9.97 Å². The van der Waals surface area contributed by atoms with Crippen LogP contribution in [0, 0.1) is 6.92 Å². The summed E-state index contributed by atoms with van der Waals surface area (Å²) in [5, 5.41) is 14.4. The molecule has 116 valence electrons. The number of hydrogen-bond acceptors (Lipinski definition) is 4. The zero-order valence-corrected chi connectivity index (χ0v) is 12.9. The van der Waals surface area contributed by atoms with Gasteiger partial charge in [0.2, 0.25) is 0 Å².